The molecule has 2 rings (SSSR count). The summed E-state index contributed by atoms with van der Waals surface area (Å²) in [6.07, 6.45) is 5.61. The predicted molar refractivity (Wildman–Crippen MR) is 81.1 cm³/mol. The maximum Gasteiger partial charge on any atom is 0.255 e. The molecule has 0 radical (unpaired) electrons. The Balaban J connectivity index is 2.22. The minimum absolute atomic E-state index is 0.0346. The van der Waals surface area contributed by atoms with E-state index in [4.69, 9.17) is 18.0 Å². The van der Waals surface area contributed by atoms with Gasteiger partial charge in [-0.3, -0.25) is 4.79 Å². The summed E-state index contributed by atoms with van der Waals surface area (Å²) in [5.41, 5.74) is 5.22. The van der Waals surface area contributed by atoms with Crippen LogP contribution in [0.15, 0.2) is 24.3 Å². The molecule has 1 aromatic carbocycles. The first-order chi connectivity index (χ1) is 9.55. The van der Waals surface area contributed by atoms with E-state index in [1.165, 1.54) is 12.1 Å². The standard InChI is InChI=1S/C15H19FN2OS/c16-12-8-4-3-7-11(12)13(19)18-15(14(17)20)9-5-1-2-6-10-15/h3-4,7-8H,1-2,5-6,9-10H2,(H2,17,20)(H,18,19). The minimum atomic E-state index is -0.675. The quantitative estimate of drug-likeness (QED) is 0.665. The second-order valence-electron chi connectivity index (χ2n) is 5.29. The number of thiocarbonyl (C=S) groups is 1. The van der Waals surface area contributed by atoms with Gasteiger partial charge in [0.05, 0.1) is 16.1 Å². The molecular weight excluding hydrogens is 275 g/mol. The summed E-state index contributed by atoms with van der Waals surface area (Å²) in [5, 5.41) is 2.88. The van der Waals surface area contributed by atoms with Crippen LogP contribution in [0.1, 0.15) is 48.9 Å². The fourth-order valence-electron chi connectivity index (χ4n) is 2.70. The van der Waals surface area contributed by atoms with Crippen LogP contribution in [0.3, 0.4) is 0 Å². The van der Waals surface area contributed by atoms with E-state index >= 15 is 0 Å². The monoisotopic (exact) mass is 294 g/mol. The van der Waals surface area contributed by atoms with Crippen molar-refractivity contribution in [1.82, 2.24) is 5.32 Å². The van der Waals surface area contributed by atoms with Crippen molar-refractivity contribution in [1.29, 1.82) is 0 Å². The van der Waals surface area contributed by atoms with Gasteiger partial charge in [-0.2, -0.15) is 0 Å². The van der Waals surface area contributed by atoms with Crippen LogP contribution >= 0.6 is 12.2 Å². The minimum Gasteiger partial charge on any atom is -0.391 e. The van der Waals surface area contributed by atoms with E-state index in [9.17, 15) is 9.18 Å². The molecule has 1 aliphatic carbocycles. The molecule has 5 heteroatoms. The van der Waals surface area contributed by atoms with Crippen molar-refractivity contribution in [3.63, 3.8) is 0 Å². The van der Waals surface area contributed by atoms with Crippen LogP contribution in [0, 0.1) is 5.82 Å². The van der Waals surface area contributed by atoms with Crippen molar-refractivity contribution in [2.24, 2.45) is 5.73 Å². The first-order valence-corrected chi connectivity index (χ1v) is 7.33. The molecule has 3 nitrogen and oxygen atoms in total. The van der Waals surface area contributed by atoms with Crippen LogP contribution in [-0.4, -0.2) is 16.4 Å². The Labute approximate surface area is 123 Å². The largest absolute Gasteiger partial charge is 0.391 e. The van der Waals surface area contributed by atoms with E-state index in [1.54, 1.807) is 12.1 Å². The lowest BCUT2D eigenvalue weighted by Gasteiger charge is -2.33. The smallest absolute Gasteiger partial charge is 0.255 e. The van der Waals surface area contributed by atoms with Crippen molar-refractivity contribution in [3.8, 4) is 0 Å². The van der Waals surface area contributed by atoms with E-state index in [0.29, 0.717) is 4.99 Å². The number of benzene rings is 1. The lowest BCUT2D eigenvalue weighted by atomic mass is 9.89. The summed E-state index contributed by atoms with van der Waals surface area (Å²) < 4.78 is 13.7. The van der Waals surface area contributed by atoms with Crippen molar-refractivity contribution in [2.75, 3.05) is 0 Å². The Morgan fingerprint density at radius 2 is 1.80 bits per heavy atom. The topological polar surface area (TPSA) is 55.1 Å². The van der Waals surface area contributed by atoms with Gasteiger partial charge in [-0.05, 0) is 25.0 Å². The highest BCUT2D eigenvalue weighted by molar-refractivity contribution is 7.80. The van der Waals surface area contributed by atoms with E-state index in [0.717, 1.165) is 38.5 Å². The number of amides is 1. The van der Waals surface area contributed by atoms with Crippen LogP contribution in [0.5, 0.6) is 0 Å². The highest BCUT2D eigenvalue weighted by Crippen LogP contribution is 2.28. The summed E-state index contributed by atoms with van der Waals surface area (Å²) in [4.78, 5) is 12.6. The zero-order chi connectivity index (χ0) is 14.6. The number of nitrogens with one attached hydrogen (secondary N) is 1. The maximum atomic E-state index is 13.7. The molecule has 1 aliphatic rings. The summed E-state index contributed by atoms with van der Waals surface area (Å²) in [6.45, 7) is 0. The van der Waals surface area contributed by atoms with Crippen molar-refractivity contribution in [3.05, 3.63) is 35.6 Å². The van der Waals surface area contributed by atoms with Gasteiger partial charge in [0.2, 0.25) is 0 Å². The molecule has 1 fully saturated rings. The van der Waals surface area contributed by atoms with Gasteiger partial charge in [0.1, 0.15) is 5.82 Å². The Morgan fingerprint density at radius 3 is 2.35 bits per heavy atom. The van der Waals surface area contributed by atoms with Gasteiger partial charge in [-0.25, -0.2) is 4.39 Å². The SMILES string of the molecule is NC(=S)C1(NC(=O)c2ccccc2F)CCCCCC1. The zero-order valence-electron chi connectivity index (χ0n) is 11.3. The molecule has 0 aromatic heterocycles. The van der Waals surface area contributed by atoms with E-state index in [-0.39, 0.29) is 5.56 Å². The highest BCUT2D eigenvalue weighted by Gasteiger charge is 2.36. The van der Waals surface area contributed by atoms with Gasteiger partial charge in [0.25, 0.3) is 5.91 Å². The van der Waals surface area contributed by atoms with E-state index < -0.39 is 17.3 Å². The molecule has 0 atom stereocenters. The average Bonchev–Trinajstić information content (AvgIpc) is 2.65. The fourth-order valence-corrected chi connectivity index (χ4v) is 2.95. The van der Waals surface area contributed by atoms with Crippen LogP contribution in [0.25, 0.3) is 0 Å². The Kier molecular flexibility index (Phi) is 4.70. The van der Waals surface area contributed by atoms with Gasteiger partial charge in [-0.15, -0.1) is 0 Å². The summed E-state index contributed by atoms with van der Waals surface area (Å²) >= 11 is 5.16. The average molecular weight is 294 g/mol. The summed E-state index contributed by atoms with van der Waals surface area (Å²) in [6, 6.07) is 5.93. The summed E-state index contributed by atoms with van der Waals surface area (Å²) in [5.74, 6) is -0.977. The Morgan fingerprint density at radius 1 is 1.20 bits per heavy atom. The van der Waals surface area contributed by atoms with Crippen LogP contribution < -0.4 is 11.1 Å². The van der Waals surface area contributed by atoms with Gasteiger partial charge >= 0.3 is 0 Å². The Bertz CT molecular complexity index is 510. The van der Waals surface area contributed by atoms with Crippen molar-refractivity contribution in [2.45, 2.75) is 44.1 Å². The van der Waals surface area contributed by atoms with Crippen LogP contribution in [0.4, 0.5) is 4.39 Å². The molecule has 0 spiro atoms. The lowest BCUT2D eigenvalue weighted by Crippen LogP contribution is -2.56. The fraction of sp³-hybridized carbons (Fsp3) is 0.467. The maximum absolute atomic E-state index is 13.7. The number of carbonyl (C=O) groups excluding carboxylic acids is 1. The number of hydrogen-bond donors (Lipinski definition) is 2. The zero-order valence-corrected chi connectivity index (χ0v) is 12.1. The third-order valence-electron chi connectivity index (χ3n) is 3.90. The van der Waals surface area contributed by atoms with E-state index in [2.05, 4.69) is 5.32 Å². The Hall–Kier alpha value is -1.49. The number of hydrogen-bond acceptors (Lipinski definition) is 2. The first kappa shape index (κ1) is 14.9. The molecule has 0 bridgehead atoms. The van der Waals surface area contributed by atoms with E-state index in [1.807, 2.05) is 0 Å². The lowest BCUT2D eigenvalue weighted by molar-refractivity contribution is 0.0913. The highest BCUT2D eigenvalue weighted by atomic mass is 32.1. The van der Waals surface area contributed by atoms with Gasteiger partial charge in [0, 0.05) is 0 Å². The van der Waals surface area contributed by atoms with Gasteiger partial charge in [-0.1, -0.05) is 50.0 Å². The molecule has 0 saturated heterocycles. The molecule has 0 heterocycles. The van der Waals surface area contributed by atoms with Crippen molar-refractivity contribution < 1.29 is 9.18 Å². The number of carbonyl (C=O) groups is 1. The molecule has 20 heavy (non-hydrogen) atoms. The molecule has 1 saturated carbocycles. The number of halogens is 1. The molecule has 1 aromatic rings. The second kappa shape index (κ2) is 6.31. The van der Waals surface area contributed by atoms with Crippen LogP contribution in [0.2, 0.25) is 0 Å². The molecule has 0 unspecified atom stereocenters. The third-order valence-corrected chi connectivity index (χ3v) is 4.29. The van der Waals surface area contributed by atoms with Gasteiger partial charge < -0.3 is 11.1 Å². The van der Waals surface area contributed by atoms with Crippen molar-refractivity contribution >= 4 is 23.1 Å². The summed E-state index contributed by atoms with van der Waals surface area (Å²) in [7, 11) is 0. The third kappa shape index (κ3) is 3.15. The molecule has 0 aliphatic heterocycles. The molecule has 108 valence electrons. The normalized spacial score (nSPS) is 18.1. The van der Waals surface area contributed by atoms with Crippen LogP contribution in [-0.2, 0) is 0 Å². The molecule has 3 N–H and O–H groups in total. The number of nitrogens with two attached hydrogens (primary N) is 1. The first-order valence-electron chi connectivity index (χ1n) is 6.92. The molecule has 1 amide bonds. The predicted octanol–water partition coefficient (Wildman–Crippen LogP) is 2.93. The molecular formula is C15H19FN2OS. The van der Waals surface area contributed by atoms with Gasteiger partial charge in [0.15, 0.2) is 0 Å². The second-order valence-corrected chi connectivity index (χ2v) is 5.73. The number of rotatable bonds is 3.